The number of hydrogen-bond donors (Lipinski definition) is 1. The molecule has 0 saturated carbocycles. The largest absolute Gasteiger partial charge is 0.480 e. The number of hydrogen-bond acceptors (Lipinski definition) is 4. The zero-order valence-corrected chi connectivity index (χ0v) is 11.1. The summed E-state index contributed by atoms with van der Waals surface area (Å²) in [7, 11) is 0. The number of piperidine rings is 1. The predicted octanol–water partition coefficient (Wildman–Crippen LogP) is 1.87. The van der Waals surface area contributed by atoms with Gasteiger partial charge in [-0.05, 0) is 25.2 Å². The van der Waals surface area contributed by atoms with Gasteiger partial charge >= 0.3 is 5.97 Å². The number of halogens is 1. The number of nitrogens with zero attached hydrogens (tertiary/aromatic N) is 3. The molecular weight excluding hydrogens is 249 g/mol. The smallest absolute Gasteiger partial charge is 0.326 e. The van der Waals surface area contributed by atoms with E-state index in [0.717, 1.165) is 12.8 Å². The second-order valence-corrected chi connectivity index (χ2v) is 4.91. The molecule has 2 unspecified atom stereocenters. The minimum Gasteiger partial charge on any atom is -0.480 e. The van der Waals surface area contributed by atoms with Gasteiger partial charge < -0.3 is 10.0 Å². The highest BCUT2D eigenvalue weighted by molar-refractivity contribution is 5.78. The summed E-state index contributed by atoms with van der Waals surface area (Å²) in [6.45, 7) is 4.20. The Labute approximate surface area is 111 Å². The molecule has 0 spiro atoms. The Balaban J connectivity index is 2.41. The molecule has 0 amide bonds. The first-order valence-corrected chi connectivity index (χ1v) is 6.55. The summed E-state index contributed by atoms with van der Waals surface area (Å²) < 4.78 is 14.3. The van der Waals surface area contributed by atoms with Gasteiger partial charge in [0.05, 0.1) is 5.69 Å². The highest BCUT2D eigenvalue weighted by Gasteiger charge is 2.36. The Morgan fingerprint density at radius 3 is 2.95 bits per heavy atom. The van der Waals surface area contributed by atoms with Crippen LogP contribution in [0.1, 0.15) is 32.4 Å². The average molecular weight is 267 g/mol. The van der Waals surface area contributed by atoms with Gasteiger partial charge in [-0.25, -0.2) is 19.2 Å². The molecule has 1 aliphatic heterocycles. The molecule has 5 nitrogen and oxygen atoms in total. The van der Waals surface area contributed by atoms with Crippen molar-refractivity contribution >= 4 is 11.8 Å². The lowest BCUT2D eigenvalue weighted by Gasteiger charge is -2.38. The number of aliphatic carboxylic acids is 1. The zero-order chi connectivity index (χ0) is 14.0. The topological polar surface area (TPSA) is 66.3 Å². The number of carboxylic acids is 1. The van der Waals surface area contributed by atoms with Crippen LogP contribution in [0.15, 0.2) is 6.33 Å². The van der Waals surface area contributed by atoms with Crippen molar-refractivity contribution in [3.63, 3.8) is 0 Å². The van der Waals surface area contributed by atoms with E-state index in [1.807, 2.05) is 13.8 Å². The van der Waals surface area contributed by atoms with Gasteiger partial charge in [0.2, 0.25) is 0 Å². The standard InChI is InChI=1S/C13H18FN3O2/c1-3-9-10(14)12(16-7-15-9)17-6-4-5-8(2)11(17)13(18)19/h7-8,11H,3-6H2,1-2H3,(H,18,19). The van der Waals surface area contributed by atoms with E-state index < -0.39 is 17.8 Å². The molecule has 0 aliphatic carbocycles. The van der Waals surface area contributed by atoms with Gasteiger partial charge in [-0.15, -0.1) is 0 Å². The lowest BCUT2D eigenvalue weighted by atomic mass is 9.91. The molecule has 2 rings (SSSR count). The number of carbonyl (C=O) groups is 1. The van der Waals surface area contributed by atoms with Crippen LogP contribution in [0.2, 0.25) is 0 Å². The molecule has 0 radical (unpaired) electrons. The van der Waals surface area contributed by atoms with Crippen LogP contribution in [-0.4, -0.2) is 33.6 Å². The minimum absolute atomic E-state index is 0.0225. The van der Waals surface area contributed by atoms with Gasteiger partial charge in [0.15, 0.2) is 11.6 Å². The van der Waals surface area contributed by atoms with Crippen LogP contribution in [0.4, 0.5) is 10.2 Å². The Morgan fingerprint density at radius 2 is 2.32 bits per heavy atom. The van der Waals surface area contributed by atoms with E-state index in [2.05, 4.69) is 9.97 Å². The monoisotopic (exact) mass is 267 g/mol. The van der Waals surface area contributed by atoms with E-state index in [0.29, 0.717) is 18.7 Å². The molecule has 1 aromatic heterocycles. The van der Waals surface area contributed by atoms with E-state index >= 15 is 0 Å². The predicted molar refractivity (Wildman–Crippen MR) is 68.5 cm³/mol. The number of anilines is 1. The van der Waals surface area contributed by atoms with E-state index in [9.17, 15) is 14.3 Å². The summed E-state index contributed by atoms with van der Waals surface area (Å²) in [5.41, 5.74) is 0.326. The fourth-order valence-corrected chi connectivity index (χ4v) is 2.64. The fourth-order valence-electron chi connectivity index (χ4n) is 2.64. The highest BCUT2D eigenvalue weighted by atomic mass is 19.1. The van der Waals surface area contributed by atoms with E-state index in [4.69, 9.17) is 0 Å². The summed E-state index contributed by atoms with van der Waals surface area (Å²) in [5, 5.41) is 9.35. The maximum atomic E-state index is 14.3. The zero-order valence-electron chi connectivity index (χ0n) is 11.1. The Hall–Kier alpha value is -1.72. The summed E-state index contributed by atoms with van der Waals surface area (Å²) in [6.07, 6.45) is 3.44. The second kappa shape index (κ2) is 5.50. The van der Waals surface area contributed by atoms with Gasteiger partial charge in [0.25, 0.3) is 0 Å². The van der Waals surface area contributed by atoms with Crippen LogP contribution >= 0.6 is 0 Å². The van der Waals surface area contributed by atoms with E-state index in [1.165, 1.54) is 6.33 Å². The molecule has 2 heterocycles. The van der Waals surface area contributed by atoms with Crippen molar-refractivity contribution in [2.45, 2.75) is 39.2 Å². The lowest BCUT2D eigenvalue weighted by Crippen LogP contribution is -2.50. The third-order valence-electron chi connectivity index (χ3n) is 3.64. The summed E-state index contributed by atoms with van der Waals surface area (Å²) in [5.74, 6) is -1.33. The molecule has 1 saturated heterocycles. The first-order chi connectivity index (χ1) is 9.06. The normalized spacial score (nSPS) is 23.4. The van der Waals surface area contributed by atoms with Crippen LogP contribution in [0.25, 0.3) is 0 Å². The third-order valence-corrected chi connectivity index (χ3v) is 3.64. The molecule has 19 heavy (non-hydrogen) atoms. The highest BCUT2D eigenvalue weighted by Crippen LogP contribution is 2.29. The van der Waals surface area contributed by atoms with E-state index in [1.54, 1.807) is 4.90 Å². The molecule has 1 N–H and O–H groups in total. The quantitative estimate of drug-likeness (QED) is 0.905. The van der Waals surface area contributed by atoms with Crippen molar-refractivity contribution in [3.8, 4) is 0 Å². The maximum Gasteiger partial charge on any atom is 0.326 e. The lowest BCUT2D eigenvalue weighted by molar-refractivity contribution is -0.140. The number of aromatic nitrogens is 2. The number of carboxylic acid groups (broad SMARTS) is 1. The first-order valence-electron chi connectivity index (χ1n) is 6.55. The van der Waals surface area contributed by atoms with Crippen LogP contribution in [0, 0.1) is 11.7 Å². The Bertz CT molecular complexity index is 481. The van der Waals surface area contributed by atoms with Crippen LogP contribution < -0.4 is 4.90 Å². The summed E-state index contributed by atoms with van der Waals surface area (Å²) >= 11 is 0. The molecule has 1 fully saturated rings. The van der Waals surface area contributed by atoms with Crippen molar-refractivity contribution < 1.29 is 14.3 Å². The first kappa shape index (κ1) is 13.7. The van der Waals surface area contributed by atoms with Crippen molar-refractivity contribution in [2.24, 2.45) is 5.92 Å². The Morgan fingerprint density at radius 1 is 1.58 bits per heavy atom. The molecule has 0 aromatic carbocycles. The Kier molecular flexibility index (Phi) is 3.97. The van der Waals surface area contributed by atoms with Gasteiger partial charge in [-0.1, -0.05) is 13.8 Å². The third kappa shape index (κ3) is 2.52. The minimum atomic E-state index is -0.928. The van der Waals surface area contributed by atoms with Crippen molar-refractivity contribution in [1.82, 2.24) is 9.97 Å². The summed E-state index contributed by atoms with van der Waals surface area (Å²) in [4.78, 5) is 20.8. The van der Waals surface area contributed by atoms with Gasteiger partial charge in [-0.2, -0.15) is 0 Å². The van der Waals surface area contributed by atoms with Crippen molar-refractivity contribution in [3.05, 3.63) is 17.8 Å². The molecule has 6 heteroatoms. The molecule has 1 aliphatic rings. The maximum absolute atomic E-state index is 14.3. The molecule has 1 aromatic rings. The van der Waals surface area contributed by atoms with Crippen LogP contribution in [0.5, 0.6) is 0 Å². The number of aryl methyl sites for hydroxylation is 1. The van der Waals surface area contributed by atoms with Gasteiger partial charge in [0, 0.05) is 6.54 Å². The van der Waals surface area contributed by atoms with Crippen molar-refractivity contribution in [2.75, 3.05) is 11.4 Å². The summed E-state index contributed by atoms with van der Waals surface area (Å²) in [6, 6.07) is -0.720. The van der Waals surface area contributed by atoms with Crippen molar-refractivity contribution in [1.29, 1.82) is 0 Å². The second-order valence-electron chi connectivity index (χ2n) is 4.91. The average Bonchev–Trinajstić information content (AvgIpc) is 2.38. The van der Waals surface area contributed by atoms with Crippen LogP contribution in [0.3, 0.4) is 0 Å². The van der Waals surface area contributed by atoms with Gasteiger partial charge in [-0.3, -0.25) is 0 Å². The van der Waals surface area contributed by atoms with Gasteiger partial charge in [0.1, 0.15) is 12.4 Å². The molecule has 2 atom stereocenters. The SMILES string of the molecule is CCc1ncnc(N2CCCC(C)C2C(=O)O)c1F. The molecular formula is C13H18FN3O2. The fraction of sp³-hybridized carbons (Fsp3) is 0.615. The molecule has 0 bridgehead atoms. The van der Waals surface area contributed by atoms with E-state index in [-0.39, 0.29) is 11.7 Å². The number of rotatable bonds is 3. The van der Waals surface area contributed by atoms with Crippen LogP contribution in [-0.2, 0) is 11.2 Å². The molecule has 104 valence electrons.